The van der Waals surface area contributed by atoms with Gasteiger partial charge in [-0.1, -0.05) is 25.5 Å². The van der Waals surface area contributed by atoms with Gasteiger partial charge in [-0.05, 0) is 42.3 Å². The van der Waals surface area contributed by atoms with Crippen LogP contribution in [-0.4, -0.2) is 18.7 Å². The molecule has 1 heterocycles. The van der Waals surface area contributed by atoms with Crippen LogP contribution in [0.25, 0.3) is 10.8 Å². The molecular formula is C20H23NO3. The van der Waals surface area contributed by atoms with Gasteiger partial charge in [0.05, 0.1) is 12.7 Å². The van der Waals surface area contributed by atoms with E-state index in [1.807, 2.05) is 30.3 Å². The predicted octanol–water partition coefficient (Wildman–Crippen LogP) is 4.27. The lowest BCUT2D eigenvalue weighted by atomic mass is 9.81. The van der Waals surface area contributed by atoms with Gasteiger partial charge in [0.1, 0.15) is 11.5 Å². The number of ether oxygens (including phenoxy) is 2. The highest BCUT2D eigenvalue weighted by molar-refractivity contribution is 6.05. The van der Waals surface area contributed by atoms with Gasteiger partial charge in [0.25, 0.3) is 5.91 Å². The van der Waals surface area contributed by atoms with Gasteiger partial charge in [-0.2, -0.15) is 0 Å². The number of rotatable bonds is 2. The Morgan fingerprint density at radius 2 is 2.00 bits per heavy atom. The standard InChI is InChI=1S/C20H23NO3/c1-3-13-8-10-20(11-9-13)21-19(22)16-7-5-14-4-6-15(23-2)12-17(14)18(16)24-20/h4-7,12-13H,3,8-11H2,1-2H3,(H,21,22). The number of carbonyl (C=O) groups is 1. The maximum Gasteiger partial charge on any atom is 0.258 e. The summed E-state index contributed by atoms with van der Waals surface area (Å²) in [5.74, 6) is 2.18. The second-order valence-corrected chi connectivity index (χ2v) is 6.93. The van der Waals surface area contributed by atoms with Crippen molar-refractivity contribution in [2.45, 2.75) is 44.8 Å². The van der Waals surface area contributed by atoms with Crippen LogP contribution in [0.2, 0.25) is 0 Å². The smallest absolute Gasteiger partial charge is 0.258 e. The lowest BCUT2D eigenvalue weighted by molar-refractivity contribution is -0.0184. The largest absolute Gasteiger partial charge is 0.497 e. The molecule has 1 aliphatic carbocycles. The molecule has 0 bridgehead atoms. The topological polar surface area (TPSA) is 47.6 Å². The summed E-state index contributed by atoms with van der Waals surface area (Å²) < 4.78 is 11.8. The van der Waals surface area contributed by atoms with Crippen molar-refractivity contribution >= 4 is 16.7 Å². The van der Waals surface area contributed by atoms with Crippen LogP contribution in [0.1, 0.15) is 49.4 Å². The molecule has 0 aromatic heterocycles. The van der Waals surface area contributed by atoms with Gasteiger partial charge in [0.15, 0.2) is 5.72 Å². The molecule has 0 unspecified atom stereocenters. The van der Waals surface area contributed by atoms with E-state index in [2.05, 4.69) is 12.2 Å². The zero-order valence-corrected chi connectivity index (χ0v) is 14.2. The number of amides is 1. The molecule has 1 aliphatic heterocycles. The maximum absolute atomic E-state index is 12.7. The van der Waals surface area contributed by atoms with Crippen LogP contribution in [0.4, 0.5) is 0 Å². The molecule has 0 atom stereocenters. The Kier molecular flexibility index (Phi) is 3.63. The molecular weight excluding hydrogens is 302 g/mol. The first-order valence-corrected chi connectivity index (χ1v) is 8.76. The molecule has 2 aromatic carbocycles. The van der Waals surface area contributed by atoms with Crippen molar-refractivity contribution in [2.24, 2.45) is 5.92 Å². The van der Waals surface area contributed by atoms with Crippen molar-refractivity contribution in [2.75, 3.05) is 7.11 Å². The summed E-state index contributed by atoms with van der Waals surface area (Å²) in [6.45, 7) is 2.23. The summed E-state index contributed by atoms with van der Waals surface area (Å²) in [6, 6.07) is 9.70. The number of benzene rings is 2. The predicted molar refractivity (Wildman–Crippen MR) is 93.6 cm³/mol. The number of nitrogens with one attached hydrogen (secondary N) is 1. The van der Waals surface area contributed by atoms with Gasteiger partial charge >= 0.3 is 0 Å². The van der Waals surface area contributed by atoms with E-state index in [0.29, 0.717) is 11.3 Å². The van der Waals surface area contributed by atoms with Gasteiger partial charge in [0, 0.05) is 18.2 Å². The Bertz CT molecular complexity index is 791. The molecule has 4 rings (SSSR count). The third kappa shape index (κ3) is 2.41. The normalized spacial score (nSPS) is 25.9. The Hall–Kier alpha value is -2.23. The number of fused-ring (bicyclic) bond motifs is 3. The average molecular weight is 325 g/mol. The van der Waals surface area contributed by atoms with E-state index in [1.54, 1.807) is 7.11 Å². The van der Waals surface area contributed by atoms with E-state index in [4.69, 9.17) is 9.47 Å². The zero-order chi connectivity index (χ0) is 16.7. The number of hydrogen-bond donors (Lipinski definition) is 1. The highest BCUT2D eigenvalue weighted by Gasteiger charge is 2.43. The minimum absolute atomic E-state index is 0.0316. The van der Waals surface area contributed by atoms with Crippen LogP contribution in [0.3, 0.4) is 0 Å². The minimum atomic E-state index is -0.548. The monoisotopic (exact) mass is 325 g/mol. The van der Waals surface area contributed by atoms with Gasteiger partial charge in [-0.3, -0.25) is 4.79 Å². The molecule has 4 nitrogen and oxygen atoms in total. The number of carbonyl (C=O) groups excluding carboxylic acids is 1. The summed E-state index contributed by atoms with van der Waals surface area (Å²) in [6.07, 6.45) is 5.13. The molecule has 24 heavy (non-hydrogen) atoms. The van der Waals surface area contributed by atoms with E-state index < -0.39 is 5.72 Å². The molecule has 126 valence electrons. The second kappa shape index (κ2) is 5.69. The van der Waals surface area contributed by atoms with Crippen LogP contribution in [0.15, 0.2) is 30.3 Å². The molecule has 1 spiro atoms. The fraction of sp³-hybridized carbons (Fsp3) is 0.450. The van der Waals surface area contributed by atoms with Crippen LogP contribution < -0.4 is 14.8 Å². The first-order chi connectivity index (χ1) is 11.6. The van der Waals surface area contributed by atoms with Crippen molar-refractivity contribution in [1.82, 2.24) is 5.32 Å². The zero-order valence-electron chi connectivity index (χ0n) is 14.2. The first kappa shape index (κ1) is 15.3. The molecule has 2 aromatic rings. The molecule has 1 fully saturated rings. The van der Waals surface area contributed by atoms with Crippen molar-refractivity contribution in [1.29, 1.82) is 0 Å². The third-order valence-electron chi connectivity index (χ3n) is 5.55. The lowest BCUT2D eigenvalue weighted by Gasteiger charge is -2.43. The van der Waals surface area contributed by atoms with Crippen molar-refractivity contribution in [3.05, 3.63) is 35.9 Å². The van der Waals surface area contributed by atoms with Crippen molar-refractivity contribution in [3.8, 4) is 11.5 Å². The van der Waals surface area contributed by atoms with Crippen LogP contribution >= 0.6 is 0 Å². The van der Waals surface area contributed by atoms with Gasteiger partial charge in [-0.25, -0.2) is 0 Å². The Labute approximate surface area is 142 Å². The Balaban J connectivity index is 1.78. The minimum Gasteiger partial charge on any atom is -0.497 e. The quantitative estimate of drug-likeness (QED) is 0.897. The summed E-state index contributed by atoms with van der Waals surface area (Å²) >= 11 is 0. The summed E-state index contributed by atoms with van der Waals surface area (Å²) in [4.78, 5) is 12.7. The van der Waals surface area contributed by atoms with Crippen LogP contribution in [0, 0.1) is 5.92 Å². The molecule has 1 N–H and O–H groups in total. The number of methoxy groups -OCH3 is 1. The number of hydrogen-bond acceptors (Lipinski definition) is 3. The van der Waals surface area contributed by atoms with E-state index in [-0.39, 0.29) is 5.91 Å². The highest BCUT2D eigenvalue weighted by atomic mass is 16.5. The summed E-state index contributed by atoms with van der Waals surface area (Å²) in [5.41, 5.74) is 0.0617. The van der Waals surface area contributed by atoms with Gasteiger partial charge in [-0.15, -0.1) is 0 Å². The molecule has 0 saturated heterocycles. The Morgan fingerprint density at radius 3 is 2.71 bits per heavy atom. The molecule has 1 amide bonds. The van der Waals surface area contributed by atoms with Gasteiger partial charge < -0.3 is 14.8 Å². The van der Waals surface area contributed by atoms with Crippen LogP contribution in [-0.2, 0) is 0 Å². The van der Waals surface area contributed by atoms with Crippen molar-refractivity contribution < 1.29 is 14.3 Å². The molecule has 1 saturated carbocycles. The second-order valence-electron chi connectivity index (χ2n) is 6.93. The van der Waals surface area contributed by atoms with E-state index >= 15 is 0 Å². The summed E-state index contributed by atoms with van der Waals surface area (Å²) in [5, 5.41) is 5.13. The SMILES string of the molecule is CCC1CCC2(CC1)NC(=O)c1ccc3ccc(OC)cc3c1O2. The molecule has 0 radical (unpaired) electrons. The van der Waals surface area contributed by atoms with Crippen molar-refractivity contribution in [3.63, 3.8) is 0 Å². The van der Waals surface area contributed by atoms with E-state index in [0.717, 1.165) is 48.1 Å². The summed E-state index contributed by atoms with van der Waals surface area (Å²) in [7, 11) is 1.65. The molecule has 4 heteroatoms. The van der Waals surface area contributed by atoms with Crippen LogP contribution in [0.5, 0.6) is 11.5 Å². The van der Waals surface area contributed by atoms with E-state index in [9.17, 15) is 4.79 Å². The average Bonchev–Trinajstić information content (AvgIpc) is 2.62. The maximum atomic E-state index is 12.7. The van der Waals surface area contributed by atoms with E-state index in [1.165, 1.54) is 6.42 Å². The Morgan fingerprint density at radius 1 is 1.25 bits per heavy atom. The third-order valence-corrected chi connectivity index (χ3v) is 5.55. The lowest BCUT2D eigenvalue weighted by Crippen LogP contribution is -2.57. The first-order valence-electron chi connectivity index (χ1n) is 8.76. The fourth-order valence-electron chi connectivity index (χ4n) is 3.96. The van der Waals surface area contributed by atoms with Gasteiger partial charge in [0.2, 0.25) is 0 Å². The highest BCUT2D eigenvalue weighted by Crippen LogP contribution is 2.42. The fourth-order valence-corrected chi connectivity index (χ4v) is 3.96. The molecule has 2 aliphatic rings.